The molecule has 18 heavy (non-hydrogen) atoms. The number of nitrogens with two attached hydrogens (primary N) is 1. The van der Waals surface area contributed by atoms with Gasteiger partial charge in [-0.2, -0.15) is 0 Å². The van der Waals surface area contributed by atoms with Gasteiger partial charge >= 0.3 is 0 Å². The molecule has 0 aromatic rings. The van der Waals surface area contributed by atoms with Gasteiger partial charge in [0, 0.05) is 19.6 Å². The van der Waals surface area contributed by atoms with Crippen molar-refractivity contribution >= 4 is 11.8 Å². The van der Waals surface area contributed by atoms with Crippen LogP contribution in [0.2, 0.25) is 0 Å². The van der Waals surface area contributed by atoms with Gasteiger partial charge in [-0.3, -0.25) is 9.59 Å². The number of rotatable bonds is 4. The summed E-state index contributed by atoms with van der Waals surface area (Å²) in [5.74, 6) is 0.304. The predicted octanol–water partition coefficient (Wildman–Crippen LogP) is 0.344. The van der Waals surface area contributed by atoms with E-state index in [0.29, 0.717) is 12.5 Å². The van der Waals surface area contributed by atoms with Gasteiger partial charge < -0.3 is 16.0 Å². The second kappa shape index (κ2) is 6.73. The highest BCUT2D eigenvalue weighted by Gasteiger charge is 2.34. The first kappa shape index (κ1) is 15.0. The van der Waals surface area contributed by atoms with Crippen LogP contribution in [-0.4, -0.2) is 42.9 Å². The van der Waals surface area contributed by atoms with Crippen LogP contribution in [-0.2, 0) is 9.59 Å². The first-order valence-electron chi connectivity index (χ1n) is 6.74. The van der Waals surface area contributed by atoms with Gasteiger partial charge in [0.1, 0.15) is 0 Å². The van der Waals surface area contributed by atoms with E-state index in [2.05, 4.69) is 12.2 Å². The van der Waals surface area contributed by atoms with E-state index < -0.39 is 0 Å². The van der Waals surface area contributed by atoms with E-state index in [1.807, 2.05) is 6.92 Å². The summed E-state index contributed by atoms with van der Waals surface area (Å²) in [7, 11) is 1.58. The summed E-state index contributed by atoms with van der Waals surface area (Å²) >= 11 is 0. The standard InChI is InChI=1S/C13H25N3O2/c1-4-16(8-12(17)15-3)13(18)10-7-9(2)5-6-11(10)14/h9-11H,4-8,14H2,1-3H3,(H,15,17). The van der Waals surface area contributed by atoms with Gasteiger partial charge in [0.15, 0.2) is 0 Å². The molecular weight excluding hydrogens is 230 g/mol. The van der Waals surface area contributed by atoms with Crippen LogP contribution in [0.15, 0.2) is 0 Å². The molecule has 1 rings (SSSR count). The Morgan fingerprint density at radius 2 is 2.06 bits per heavy atom. The lowest BCUT2D eigenvalue weighted by Crippen LogP contribution is -2.49. The van der Waals surface area contributed by atoms with E-state index >= 15 is 0 Å². The number of nitrogens with one attached hydrogen (secondary N) is 1. The monoisotopic (exact) mass is 255 g/mol. The first-order valence-corrected chi connectivity index (χ1v) is 6.74. The third-order valence-electron chi connectivity index (χ3n) is 3.79. The Kier molecular flexibility index (Phi) is 5.59. The molecule has 3 N–H and O–H groups in total. The second-order valence-electron chi connectivity index (χ2n) is 5.21. The summed E-state index contributed by atoms with van der Waals surface area (Å²) < 4.78 is 0. The average molecular weight is 255 g/mol. The Morgan fingerprint density at radius 1 is 1.39 bits per heavy atom. The number of carbonyl (C=O) groups excluding carboxylic acids is 2. The van der Waals surface area contributed by atoms with Crippen molar-refractivity contribution in [2.45, 2.75) is 39.2 Å². The lowest BCUT2D eigenvalue weighted by Gasteiger charge is -2.34. The maximum Gasteiger partial charge on any atom is 0.239 e. The fourth-order valence-electron chi connectivity index (χ4n) is 2.52. The molecule has 0 saturated heterocycles. The zero-order valence-electron chi connectivity index (χ0n) is 11.6. The van der Waals surface area contributed by atoms with E-state index in [1.165, 1.54) is 0 Å². The molecule has 3 unspecified atom stereocenters. The van der Waals surface area contributed by atoms with Crippen LogP contribution in [0.1, 0.15) is 33.1 Å². The zero-order chi connectivity index (χ0) is 13.7. The summed E-state index contributed by atoms with van der Waals surface area (Å²) in [6, 6.07) is -0.0626. The van der Waals surface area contributed by atoms with Gasteiger partial charge in [-0.05, 0) is 32.1 Å². The minimum atomic E-state index is -0.136. The Balaban J connectivity index is 2.67. The molecule has 104 valence electrons. The highest BCUT2D eigenvalue weighted by atomic mass is 16.2. The van der Waals surface area contributed by atoms with Crippen LogP contribution in [0.25, 0.3) is 0 Å². The SMILES string of the molecule is CCN(CC(=O)NC)C(=O)C1CC(C)CCC1N. The maximum absolute atomic E-state index is 12.4. The normalized spacial score (nSPS) is 27.7. The molecular formula is C13H25N3O2. The Labute approximate surface area is 109 Å². The van der Waals surface area contributed by atoms with Crippen molar-refractivity contribution < 1.29 is 9.59 Å². The van der Waals surface area contributed by atoms with Crippen LogP contribution in [0.5, 0.6) is 0 Å². The number of nitrogens with zero attached hydrogens (tertiary/aromatic N) is 1. The minimum Gasteiger partial charge on any atom is -0.358 e. The van der Waals surface area contributed by atoms with Gasteiger partial charge in [0.25, 0.3) is 0 Å². The average Bonchev–Trinajstić information content (AvgIpc) is 2.37. The molecule has 5 nitrogen and oxygen atoms in total. The molecule has 1 aliphatic carbocycles. The van der Waals surface area contributed by atoms with Crippen molar-refractivity contribution in [1.82, 2.24) is 10.2 Å². The number of likely N-dealkylation sites (N-methyl/N-ethyl adjacent to an activating group) is 2. The van der Waals surface area contributed by atoms with Crippen molar-refractivity contribution in [2.75, 3.05) is 20.1 Å². The number of hydrogen-bond donors (Lipinski definition) is 2. The third-order valence-corrected chi connectivity index (χ3v) is 3.79. The Morgan fingerprint density at radius 3 is 2.61 bits per heavy atom. The summed E-state index contributed by atoms with van der Waals surface area (Å²) in [6.45, 7) is 4.72. The molecule has 3 atom stereocenters. The quantitative estimate of drug-likeness (QED) is 0.761. The van der Waals surface area contributed by atoms with E-state index in [9.17, 15) is 9.59 Å². The molecule has 5 heteroatoms. The van der Waals surface area contributed by atoms with Gasteiger partial charge in [0.2, 0.25) is 11.8 Å². The molecule has 0 bridgehead atoms. The fraction of sp³-hybridized carbons (Fsp3) is 0.846. The molecule has 0 radical (unpaired) electrons. The maximum atomic E-state index is 12.4. The lowest BCUT2D eigenvalue weighted by molar-refractivity contribution is -0.140. The molecule has 0 spiro atoms. The van der Waals surface area contributed by atoms with Gasteiger partial charge in [0.05, 0.1) is 12.5 Å². The van der Waals surface area contributed by atoms with Crippen molar-refractivity contribution in [3.63, 3.8) is 0 Å². The van der Waals surface area contributed by atoms with E-state index in [1.54, 1.807) is 11.9 Å². The van der Waals surface area contributed by atoms with Gasteiger partial charge in [-0.15, -0.1) is 0 Å². The molecule has 1 saturated carbocycles. The Hall–Kier alpha value is -1.10. The second-order valence-corrected chi connectivity index (χ2v) is 5.21. The smallest absolute Gasteiger partial charge is 0.239 e. The van der Waals surface area contributed by atoms with E-state index in [-0.39, 0.29) is 30.3 Å². The van der Waals surface area contributed by atoms with Crippen molar-refractivity contribution in [1.29, 1.82) is 0 Å². The number of hydrogen-bond acceptors (Lipinski definition) is 3. The van der Waals surface area contributed by atoms with Gasteiger partial charge in [-0.1, -0.05) is 6.92 Å². The molecule has 0 aliphatic heterocycles. The number of amides is 2. The van der Waals surface area contributed by atoms with Crippen LogP contribution in [0, 0.1) is 11.8 Å². The largest absolute Gasteiger partial charge is 0.358 e. The van der Waals surface area contributed by atoms with Crippen molar-refractivity contribution in [3.8, 4) is 0 Å². The van der Waals surface area contributed by atoms with Gasteiger partial charge in [-0.25, -0.2) is 0 Å². The summed E-state index contributed by atoms with van der Waals surface area (Å²) in [5, 5.41) is 2.54. The minimum absolute atomic E-state index is 0.0279. The first-order chi connectivity index (χ1) is 8.49. The molecule has 2 amide bonds. The summed E-state index contributed by atoms with van der Waals surface area (Å²) in [4.78, 5) is 25.4. The van der Waals surface area contributed by atoms with E-state index in [0.717, 1.165) is 19.3 Å². The Bertz CT molecular complexity index is 307. The highest BCUT2D eigenvalue weighted by molar-refractivity contribution is 5.86. The van der Waals surface area contributed by atoms with E-state index in [4.69, 9.17) is 5.73 Å². The van der Waals surface area contributed by atoms with Crippen LogP contribution in [0.4, 0.5) is 0 Å². The predicted molar refractivity (Wildman–Crippen MR) is 70.8 cm³/mol. The summed E-state index contributed by atoms with van der Waals surface area (Å²) in [6.07, 6.45) is 2.83. The fourth-order valence-corrected chi connectivity index (χ4v) is 2.52. The molecule has 1 aliphatic rings. The van der Waals surface area contributed by atoms with Crippen molar-refractivity contribution in [2.24, 2.45) is 17.6 Å². The van der Waals surface area contributed by atoms with Crippen LogP contribution < -0.4 is 11.1 Å². The molecule has 1 fully saturated rings. The molecule has 0 aromatic carbocycles. The number of carbonyl (C=O) groups is 2. The van der Waals surface area contributed by atoms with Crippen LogP contribution >= 0.6 is 0 Å². The topological polar surface area (TPSA) is 75.4 Å². The molecule has 0 heterocycles. The highest BCUT2D eigenvalue weighted by Crippen LogP contribution is 2.29. The van der Waals surface area contributed by atoms with Crippen molar-refractivity contribution in [3.05, 3.63) is 0 Å². The summed E-state index contributed by atoms with van der Waals surface area (Å²) in [5.41, 5.74) is 6.05. The van der Waals surface area contributed by atoms with Crippen LogP contribution in [0.3, 0.4) is 0 Å². The lowest BCUT2D eigenvalue weighted by atomic mass is 9.78. The third kappa shape index (κ3) is 3.70. The molecule has 0 aromatic heterocycles. The zero-order valence-corrected chi connectivity index (χ0v) is 11.6.